The maximum atomic E-state index is 12.9. The second-order valence-electron chi connectivity index (χ2n) is 5.26. The number of imidazole rings is 1. The van der Waals surface area contributed by atoms with Crippen LogP contribution in [0.3, 0.4) is 0 Å². The average molecular weight is 454 g/mol. The number of alkyl halides is 4. The summed E-state index contributed by atoms with van der Waals surface area (Å²) in [5, 5.41) is 0. The monoisotopic (exact) mass is 454 g/mol. The highest BCUT2D eigenvalue weighted by Gasteiger charge is 2.31. The lowest BCUT2D eigenvalue weighted by Gasteiger charge is -2.14. The van der Waals surface area contributed by atoms with Gasteiger partial charge in [0.05, 0.1) is 5.56 Å². The quantitative estimate of drug-likeness (QED) is 0.325. The lowest BCUT2D eigenvalue weighted by atomic mass is 10.1. The van der Waals surface area contributed by atoms with Gasteiger partial charge in [0, 0.05) is 39.7 Å². The molecule has 0 bridgehead atoms. The molecule has 2 rings (SSSR count). The van der Waals surface area contributed by atoms with Gasteiger partial charge in [0.2, 0.25) is 0 Å². The van der Waals surface area contributed by atoms with Crippen molar-refractivity contribution in [3.05, 3.63) is 35.7 Å². The molecule has 0 N–H and O–H groups in total. The SMILES string of the molecule is CCSc1cc(C(F)(F)F)ccc1-c1ncc(C(C)CI)n1C. The van der Waals surface area contributed by atoms with E-state index >= 15 is 0 Å². The average Bonchev–Trinajstić information content (AvgIpc) is 2.87. The number of halogens is 4. The first-order valence-corrected chi connectivity index (χ1v) is 9.72. The molecule has 0 aliphatic heterocycles. The zero-order valence-corrected chi connectivity index (χ0v) is 16.1. The number of rotatable bonds is 5. The van der Waals surface area contributed by atoms with Crippen LogP contribution in [0.5, 0.6) is 0 Å². The summed E-state index contributed by atoms with van der Waals surface area (Å²) in [5.41, 5.74) is 1.22. The molecule has 1 aromatic heterocycles. The molecule has 2 aromatic rings. The van der Waals surface area contributed by atoms with Crippen molar-refractivity contribution in [3.8, 4) is 11.4 Å². The molecule has 1 unspecified atom stereocenters. The zero-order chi connectivity index (χ0) is 17.2. The third-order valence-electron chi connectivity index (χ3n) is 3.61. The minimum Gasteiger partial charge on any atom is -0.331 e. The van der Waals surface area contributed by atoms with Gasteiger partial charge in [0.25, 0.3) is 0 Å². The second-order valence-corrected chi connectivity index (χ2v) is 7.45. The van der Waals surface area contributed by atoms with Gasteiger partial charge in [-0.25, -0.2) is 4.98 Å². The van der Waals surface area contributed by atoms with Crippen molar-refractivity contribution >= 4 is 34.4 Å². The van der Waals surface area contributed by atoms with Crippen LogP contribution in [0.4, 0.5) is 13.2 Å². The van der Waals surface area contributed by atoms with Gasteiger partial charge in [-0.15, -0.1) is 11.8 Å². The Morgan fingerprint density at radius 3 is 2.61 bits per heavy atom. The Hall–Kier alpha value is -0.700. The standard InChI is InChI=1S/C16H18F3IN2S/c1-4-23-14-7-11(16(17,18)19)5-6-12(14)15-21-9-13(22(15)3)10(2)8-20/h5-7,9-10H,4,8H2,1-3H3. The van der Waals surface area contributed by atoms with Gasteiger partial charge in [0.15, 0.2) is 0 Å². The number of hydrogen-bond acceptors (Lipinski definition) is 2. The summed E-state index contributed by atoms with van der Waals surface area (Å²) in [7, 11) is 1.92. The fourth-order valence-electron chi connectivity index (χ4n) is 2.37. The van der Waals surface area contributed by atoms with E-state index in [0.717, 1.165) is 21.8 Å². The number of hydrogen-bond donors (Lipinski definition) is 0. The van der Waals surface area contributed by atoms with E-state index in [0.29, 0.717) is 22.4 Å². The number of aromatic nitrogens is 2. The fraction of sp³-hybridized carbons (Fsp3) is 0.438. The second kappa shape index (κ2) is 7.46. The normalized spacial score (nSPS) is 13.3. The molecule has 0 aliphatic carbocycles. The van der Waals surface area contributed by atoms with E-state index in [1.165, 1.54) is 23.9 Å². The molecule has 0 fully saturated rings. The Bertz CT molecular complexity index is 682. The lowest BCUT2D eigenvalue weighted by molar-refractivity contribution is -0.137. The summed E-state index contributed by atoms with van der Waals surface area (Å²) in [6.45, 7) is 4.04. The summed E-state index contributed by atoms with van der Waals surface area (Å²) in [5.74, 6) is 1.76. The van der Waals surface area contributed by atoms with Crippen LogP contribution in [0.1, 0.15) is 31.0 Å². The van der Waals surface area contributed by atoms with Crippen molar-refractivity contribution in [1.29, 1.82) is 0 Å². The molecular formula is C16H18F3IN2S. The first-order chi connectivity index (χ1) is 10.8. The first-order valence-electron chi connectivity index (χ1n) is 7.21. The molecule has 126 valence electrons. The van der Waals surface area contributed by atoms with Gasteiger partial charge in [-0.05, 0) is 24.0 Å². The Morgan fingerprint density at radius 2 is 2.04 bits per heavy atom. The fourth-order valence-corrected chi connectivity index (χ4v) is 3.66. The topological polar surface area (TPSA) is 17.8 Å². The van der Waals surface area contributed by atoms with E-state index in [2.05, 4.69) is 34.5 Å². The van der Waals surface area contributed by atoms with Crippen LogP contribution < -0.4 is 0 Å². The van der Waals surface area contributed by atoms with Gasteiger partial charge in [-0.3, -0.25) is 0 Å². The summed E-state index contributed by atoms with van der Waals surface area (Å²) in [6.07, 6.45) is -2.51. The molecule has 0 saturated heterocycles. The summed E-state index contributed by atoms with van der Waals surface area (Å²) < 4.78 is 41.8. The van der Waals surface area contributed by atoms with Crippen molar-refractivity contribution in [2.24, 2.45) is 7.05 Å². The highest BCUT2D eigenvalue weighted by atomic mass is 127. The van der Waals surface area contributed by atoms with Crippen LogP contribution in [-0.2, 0) is 13.2 Å². The molecule has 23 heavy (non-hydrogen) atoms. The summed E-state index contributed by atoms with van der Waals surface area (Å²) in [4.78, 5) is 5.07. The van der Waals surface area contributed by atoms with Crippen LogP contribution in [0.2, 0.25) is 0 Å². The third-order valence-corrected chi connectivity index (χ3v) is 5.87. The number of benzene rings is 1. The van der Waals surface area contributed by atoms with Crippen LogP contribution in [0, 0.1) is 0 Å². The van der Waals surface area contributed by atoms with E-state index in [4.69, 9.17) is 0 Å². The minimum absolute atomic E-state index is 0.346. The highest BCUT2D eigenvalue weighted by molar-refractivity contribution is 14.1. The smallest absolute Gasteiger partial charge is 0.331 e. The Morgan fingerprint density at radius 1 is 1.35 bits per heavy atom. The zero-order valence-electron chi connectivity index (χ0n) is 13.1. The van der Waals surface area contributed by atoms with Gasteiger partial charge in [-0.1, -0.05) is 36.4 Å². The van der Waals surface area contributed by atoms with Crippen LogP contribution >= 0.6 is 34.4 Å². The first kappa shape index (κ1) is 18.6. The third kappa shape index (κ3) is 4.04. The van der Waals surface area contributed by atoms with Gasteiger partial charge in [0.1, 0.15) is 5.82 Å². The minimum atomic E-state index is -4.33. The molecule has 0 saturated carbocycles. The van der Waals surface area contributed by atoms with E-state index in [1.54, 1.807) is 0 Å². The molecule has 2 nitrogen and oxygen atoms in total. The van der Waals surface area contributed by atoms with Crippen molar-refractivity contribution in [1.82, 2.24) is 9.55 Å². The number of nitrogens with zero attached hydrogens (tertiary/aromatic N) is 2. The predicted molar refractivity (Wildman–Crippen MR) is 97.3 cm³/mol. The van der Waals surface area contributed by atoms with E-state index < -0.39 is 11.7 Å². The predicted octanol–water partition coefficient (Wildman–Crippen LogP) is 5.76. The molecular weight excluding hydrogens is 436 g/mol. The van der Waals surface area contributed by atoms with E-state index in [1.807, 2.05) is 24.7 Å². The molecule has 0 amide bonds. The van der Waals surface area contributed by atoms with Crippen LogP contribution in [0.15, 0.2) is 29.3 Å². The van der Waals surface area contributed by atoms with Crippen molar-refractivity contribution in [2.45, 2.75) is 30.8 Å². The largest absolute Gasteiger partial charge is 0.416 e. The van der Waals surface area contributed by atoms with Gasteiger partial charge >= 0.3 is 6.18 Å². The summed E-state index contributed by atoms with van der Waals surface area (Å²) >= 11 is 3.72. The Labute approximate surface area is 152 Å². The van der Waals surface area contributed by atoms with Crippen LogP contribution in [-0.4, -0.2) is 19.7 Å². The van der Waals surface area contributed by atoms with Crippen molar-refractivity contribution in [2.75, 3.05) is 10.2 Å². The molecule has 0 aliphatic rings. The molecule has 1 aromatic carbocycles. The number of thioether (sulfide) groups is 1. The summed E-state index contributed by atoms with van der Waals surface area (Å²) in [6, 6.07) is 3.88. The van der Waals surface area contributed by atoms with E-state index in [9.17, 15) is 13.2 Å². The van der Waals surface area contributed by atoms with Crippen molar-refractivity contribution in [3.63, 3.8) is 0 Å². The van der Waals surface area contributed by atoms with Gasteiger partial charge < -0.3 is 4.57 Å². The van der Waals surface area contributed by atoms with E-state index in [-0.39, 0.29) is 0 Å². The molecule has 7 heteroatoms. The Balaban J connectivity index is 2.53. The lowest BCUT2D eigenvalue weighted by Crippen LogP contribution is -2.06. The molecule has 0 radical (unpaired) electrons. The Kier molecular flexibility index (Phi) is 6.05. The van der Waals surface area contributed by atoms with Crippen molar-refractivity contribution < 1.29 is 13.2 Å². The highest BCUT2D eigenvalue weighted by Crippen LogP contribution is 2.37. The molecule has 1 atom stereocenters. The maximum Gasteiger partial charge on any atom is 0.416 e. The molecule has 0 spiro atoms. The van der Waals surface area contributed by atoms with Gasteiger partial charge in [-0.2, -0.15) is 13.2 Å². The molecule has 1 heterocycles. The van der Waals surface area contributed by atoms with Crippen LogP contribution in [0.25, 0.3) is 11.4 Å². The maximum absolute atomic E-state index is 12.9.